The van der Waals surface area contributed by atoms with Gasteiger partial charge in [0.15, 0.2) is 0 Å². The summed E-state index contributed by atoms with van der Waals surface area (Å²) in [6.45, 7) is 0. The highest BCUT2D eigenvalue weighted by Gasteiger charge is 2.23. The monoisotopic (exact) mass is 409 g/mol. The largest absolute Gasteiger partial charge is 0.422 e. The zero-order chi connectivity index (χ0) is 21.6. The average molecular weight is 409 g/mol. The standard InChI is InChI=1S/C27H11N3O2/c28-12-14-5-7-16-19-11-20-24(18-3-1-2-4-23(18)32-27(20)31)25-17-8-6-15(13-29)10-22(17)30(26(19)25)21(16)9-14/h1-11H. The maximum atomic E-state index is 13.0. The van der Waals surface area contributed by atoms with Crippen molar-refractivity contribution < 1.29 is 4.42 Å². The van der Waals surface area contributed by atoms with E-state index in [4.69, 9.17) is 4.42 Å². The maximum Gasteiger partial charge on any atom is 0.344 e. The Hall–Kier alpha value is -4.87. The van der Waals surface area contributed by atoms with Crippen LogP contribution >= 0.6 is 0 Å². The zero-order valence-electron chi connectivity index (χ0n) is 16.5. The Morgan fingerprint density at radius 1 is 0.688 bits per heavy atom. The van der Waals surface area contributed by atoms with Crippen molar-refractivity contribution in [3.8, 4) is 12.1 Å². The van der Waals surface area contributed by atoms with E-state index in [0.29, 0.717) is 22.1 Å². The van der Waals surface area contributed by atoms with Crippen LogP contribution in [-0.4, -0.2) is 4.40 Å². The minimum atomic E-state index is -0.381. The smallest absolute Gasteiger partial charge is 0.344 e. The number of aromatic nitrogens is 1. The molecular formula is C27H11N3O2. The first-order chi connectivity index (χ1) is 15.7. The van der Waals surface area contributed by atoms with Crippen LogP contribution in [0.2, 0.25) is 0 Å². The topological polar surface area (TPSA) is 82.2 Å². The molecule has 4 aromatic carbocycles. The average Bonchev–Trinajstić information content (AvgIpc) is 3.34. The van der Waals surface area contributed by atoms with Gasteiger partial charge in [0.25, 0.3) is 0 Å². The lowest BCUT2D eigenvalue weighted by Gasteiger charge is -2.05. The molecule has 0 saturated carbocycles. The van der Waals surface area contributed by atoms with Gasteiger partial charge in [-0.15, -0.1) is 0 Å². The number of benzene rings is 4. The van der Waals surface area contributed by atoms with Crippen molar-refractivity contribution in [2.45, 2.75) is 0 Å². The summed E-state index contributed by atoms with van der Waals surface area (Å²) in [5, 5.41) is 25.0. The zero-order valence-corrected chi connectivity index (χ0v) is 16.5. The fraction of sp³-hybridized carbons (Fsp3) is 0. The van der Waals surface area contributed by atoms with Gasteiger partial charge in [0.2, 0.25) is 0 Å². The van der Waals surface area contributed by atoms with Crippen LogP contribution in [0, 0.1) is 22.7 Å². The highest BCUT2D eigenvalue weighted by Crippen LogP contribution is 2.44. The molecule has 0 saturated heterocycles. The van der Waals surface area contributed by atoms with Crippen LogP contribution in [0.4, 0.5) is 0 Å². The van der Waals surface area contributed by atoms with E-state index >= 15 is 0 Å². The van der Waals surface area contributed by atoms with Crippen molar-refractivity contribution >= 4 is 59.8 Å². The van der Waals surface area contributed by atoms with Crippen molar-refractivity contribution in [1.82, 2.24) is 4.40 Å². The molecule has 0 unspecified atom stereocenters. The van der Waals surface area contributed by atoms with E-state index in [2.05, 4.69) is 16.5 Å². The van der Waals surface area contributed by atoms with Crippen LogP contribution in [0.25, 0.3) is 59.8 Å². The Labute approximate surface area is 179 Å². The van der Waals surface area contributed by atoms with Crippen LogP contribution in [0.15, 0.2) is 75.9 Å². The first-order valence-corrected chi connectivity index (χ1v) is 10.1. The Balaban J connectivity index is 1.93. The van der Waals surface area contributed by atoms with E-state index < -0.39 is 0 Å². The molecule has 0 aliphatic carbocycles. The molecule has 3 aromatic heterocycles. The molecule has 0 atom stereocenters. The van der Waals surface area contributed by atoms with E-state index in [9.17, 15) is 15.3 Å². The number of hydrogen-bond donors (Lipinski definition) is 0. The molecule has 5 heteroatoms. The SMILES string of the molecule is N#Cc1ccc2c3cc4c(=O)oc5ccccc5c4c4c5ccc(C#N)cc5n(c2c1)c34. The summed E-state index contributed by atoms with van der Waals surface area (Å²) in [4.78, 5) is 13.0. The molecule has 0 aliphatic rings. The minimum Gasteiger partial charge on any atom is -0.422 e. The lowest BCUT2D eigenvalue weighted by atomic mass is 9.98. The summed E-state index contributed by atoms with van der Waals surface area (Å²) in [6.07, 6.45) is 0. The van der Waals surface area contributed by atoms with Crippen molar-refractivity contribution in [3.05, 3.63) is 88.3 Å². The van der Waals surface area contributed by atoms with E-state index in [0.717, 1.165) is 48.9 Å². The highest BCUT2D eigenvalue weighted by atomic mass is 16.4. The van der Waals surface area contributed by atoms with Crippen LogP contribution in [0.3, 0.4) is 0 Å². The maximum absolute atomic E-state index is 13.0. The van der Waals surface area contributed by atoms with E-state index in [1.165, 1.54) is 0 Å². The Morgan fingerprint density at radius 2 is 1.38 bits per heavy atom. The number of hydrogen-bond acceptors (Lipinski definition) is 4. The molecule has 32 heavy (non-hydrogen) atoms. The molecule has 146 valence electrons. The predicted molar refractivity (Wildman–Crippen MR) is 124 cm³/mol. The second kappa shape index (κ2) is 5.63. The van der Waals surface area contributed by atoms with Gasteiger partial charge in [-0.1, -0.05) is 30.3 Å². The second-order valence-corrected chi connectivity index (χ2v) is 7.98. The van der Waals surface area contributed by atoms with Crippen LogP contribution < -0.4 is 5.63 Å². The summed E-state index contributed by atoms with van der Waals surface area (Å²) >= 11 is 0. The second-order valence-electron chi connectivity index (χ2n) is 7.98. The molecule has 0 radical (unpaired) electrons. The predicted octanol–water partition coefficient (Wildman–Crippen LogP) is 5.84. The summed E-state index contributed by atoms with van der Waals surface area (Å²) < 4.78 is 7.75. The van der Waals surface area contributed by atoms with Crippen molar-refractivity contribution in [2.24, 2.45) is 0 Å². The van der Waals surface area contributed by atoms with E-state index in [1.54, 1.807) is 18.2 Å². The number of fused-ring (bicyclic) bond motifs is 10. The molecule has 0 fully saturated rings. The Morgan fingerprint density at radius 3 is 2.12 bits per heavy atom. The number of nitrogens with zero attached hydrogens (tertiary/aromatic N) is 3. The molecule has 5 nitrogen and oxygen atoms in total. The quantitative estimate of drug-likeness (QED) is 0.233. The van der Waals surface area contributed by atoms with Gasteiger partial charge in [-0.05, 0) is 36.4 Å². The van der Waals surface area contributed by atoms with Crippen molar-refractivity contribution in [3.63, 3.8) is 0 Å². The third-order valence-electron chi connectivity index (χ3n) is 6.40. The molecule has 7 aromatic rings. The van der Waals surface area contributed by atoms with Gasteiger partial charge >= 0.3 is 5.63 Å². The fourth-order valence-corrected chi connectivity index (χ4v) is 5.11. The summed E-state index contributed by atoms with van der Waals surface area (Å²) in [7, 11) is 0. The Bertz CT molecular complexity index is 2080. The molecule has 7 rings (SSSR count). The normalized spacial score (nSPS) is 11.8. The highest BCUT2D eigenvalue weighted by molar-refractivity contribution is 6.34. The van der Waals surface area contributed by atoms with Crippen LogP contribution in [0.1, 0.15) is 11.1 Å². The number of nitriles is 2. The van der Waals surface area contributed by atoms with Gasteiger partial charge in [-0.2, -0.15) is 10.5 Å². The van der Waals surface area contributed by atoms with Gasteiger partial charge < -0.3 is 8.82 Å². The molecule has 0 bridgehead atoms. The molecule has 0 amide bonds. The molecule has 0 aliphatic heterocycles. The molecule has 0 spiro atoms. The first kappa shape index (κ1) is 16.9. The van der Waals surface area contributed by atoms with Gasteiger partial charge in [-0.25, -0.2) is 4.79 Å². The van der Waals surface area contributed by atoms with E-state index in [1.807, 2.05) is 48.5 Å². The van der Waals surface area contributed by atoms with E-state index in [-0.39, 0.29) is 5.63 Å². The number of para-hydroxylation sites is 1. The van der Waals surface area contributed by atoms with Gasteiger partial charge in [-0.3, -0.25) is 0 Å². The third-order valence-corrected chi connectivity index (χ3v) is 6.40. The fourth-order valence-electron chi connectivity index (χ4n) is 5.11. The third kappa shape index (κ3) is 1.88. The minimum absolute atomic E-state index is 0.381. The summed E-state index contributed by atoms with van der Waals surface area (Å²) in [6, 6.07) is 25.1. The van der Waals surface area contributed by atoms with Gasteiger partial charge in [0, 0.05) is 32.3 Å². The molecular weight excluding hydrogens is 398 g/mol. The number of rotatable bonds is 0. The lowest BCUT2D eigenvalue weighted by Crippen LogP contribution is -2.00. The first-order valence-electron chi connectivity index (χ1n) is 10.1. The molecule has 3 heterocycles. The molecule has 0 N–H and O–H groups in total. The van der Waals surface area contributed by atoms with Crippen molar-refractivity contribution in [1.29, 1.82) is 10.5 Å². The van der Waals surface area contributed by atoms with Crippen molar-refractivity contribution in [2.75, 3.05) is 0 Å². The lowest BCUT2D eigenvalue weighted by molar-refractivity contribution is 0.570. The Kier molecular flexibility index (Phi) is 2.97. The summed E-state index contributed by atoms with van der Waals surface area (Å²) in [5.74, 6) is 0. The van der Waals surface area contributed by atoms with Crippen LogP contribution in [-0.2, 0) is 0 Å². The summed E-state index contributed by atoms with van der Waals surface area (Å²) in [5.41, 5.74) is 3.99. The van der Waals surface area contributed by atoms with Crippen LogP contribution in [0.5, 0.6) is 0 Å². The van der Waals surface area contributed by atoms with Gasteiger partial charge in [0.05, 0.1) is 45.2 Å². The van der Waals surface area contributed by atoms with Gasteiger partial charge in [0.1, 0.15) is 5.58 Å².